The lowest BCUT2D eigenvalue weighted by atomic mass is 10.3. The van der Waals surface area contributed by atoms with Crippen LogP contribution in [0.4, 0.5) is 0 Å². The van der Waals surface area contributed by atoms with E-state index in [0.29, 0.717) is 17.3 Å². The van der Waals surface area contributed by atoms with Crippen molar-refractivity contribution in [1.29, 1.82) is 0 Å². The second-order valence-corrected chi connectivity index (χ2v) is 4.50. The second-order valence-electron chi connectivity index (χ2n) is 4.06. The highest BCUT2D eigenvalue weighted by atomic mass is 35.5. The van der Waals surface area contributed by atoms with Gasteiger partial charge in [-0.3, -0.25) is 9.20 Å². The van der Waals surface area contributed by atoms with Gasteiger partial charge in [0.1, 0.15) is 0 Å². The molecule has 0 spiro atoms. The third-order valence-corrected chi connectivity index (χ3v) is 2.45. The summed E-state index contributed by atoms with van der Waals surface area (Å²) in [5.74, 6) is -0.102. The zero-order valence-electron chi connectivity index (χ0n) is 9.51. The summed E-state index contributed by atoms with van der Waals surface area (Å²) in [6.45, 7) is 0.536. The number of aromatic hydroxyl groups is 1. The minimum absolute atomic E-state index is 0.102. The zero-order valence-corrected chi connectivity index (χ0v) is 10.3. The molecule has 0 atom stereocenters. The molecule has 0 unspecified atom stereocenters. The maximum absolute atomic E-state index is 11.8. The van der Waals surface area contributed by atoms with Crippen LogP contribution in [-0.4, -0.2) is 33.5 Å². The highest BCUT2D eigenvalue weighted by Gasteiger charge is 2.08. The molecule has 0 bridgehead atoms. The van der Waals surface area contributed by atoms with E-state index in [-0.39, 0.29) is 17.0 Å². The van der Waals surface area contributed by atoms with Gasteiger partial charge >= 0.3 is 0 Å². The summed E-state index contributed by atoms with van der Waals surface area (Å²) >= 11 is 5.76. The number of aromatic nitrogens is 2. The maximum Gasteiger partial charge on any atom is 0.258 e. The van der Waals surface area contributed by atoms with E-state index < -0.39 is 0 Å². The van der Waals surface area contributed by atoms with Gasteiger partial charge < -0.3 is 10.0 Å². The Kier molecular flexibility index (Phi) is 3.04. The SMILES string of the molecule is CN(C)Cc1cc(=O)n2cc(Cl)cc(O)c2n1. The molecule has 0 aliphatic heterocycles. The van der Waals surface area contributed by atoms with E-state index in [4.69, 9.17) is 11.6 Å². The Hall–Kier alpha value is -1.59. The predicted molar refractivity (Wildman–Crippen MR) is 65.5 cm³/mol. The summed E-state index contributed by atoms with van der Waals surface area (Å²) in [6.07, 6.45) is 1.44. The molecule has 2 rings (SSSR count). The second kappa shape index (κ2) is 4.35. The number of rotatable bonds is 2. The molecule has 0 saturated heterocycles. The van der Waals surface area contributed by atoms with E-state index in [1.54, 1.807) is 0 Å². The molecule has 5 nitrogen and oxygen atoms in total. The van der Waals surface area contributed by atoms with Crippen molar-refractivity contribution in [3.8, 4) is 5.75 Å². The van der Waals surface area contributed by atoms with E-state index in [9.17, 15) is 9.90 Å². The van der Waals surface area contributed by atoms with Gasteiger partial charge in [-0.05, 0) is 14.1 Å². The summed E-state index contributed by atoms with van der Waals surface area (Å²) in [7, 11) is 3.76. The molecule has 0 fully saturated rings. The monoisotopic (exact) mass is 253 g/mol. The molecule has 1 N–H and O–H groups in total. The van der Waals surface area contributed by atoms with Gasteiger partial charge in [-0.25, -0.2) is 4.98 Å². The van der Waals surface area contributed by atoms with Gasteiger partial charge in [0.15, 0.2) is 11.4 Å². The molecule has 2 aromatic heterocycles. The lowest BCUT2D eigenvalue weighted by Crippen LogP contribution is -2.19. The summed E-state index contributed by atoms with van der Waals surface area (Å²) in [5.41, 5.74) is 0.570. The number of hydrogen-bond donors (Lipinski definition) is 1. The minimum atomic E-state index is -0.260. The Labute approximate surface area is 103 Å². The van der Waals surface area contributed by atoms with Crippen molar-refractivity contribution in [3.63, 3.8) is 0 Å². The molecule has 2 aromatic rings. The average Bonchev–Trinajstić information content (AvgIpc) is 2.19. The summed E-state index contributed by atoms with van der Waals surface area (Å²) in [6, 6.07) is 2.80. The van der Waals surface area contributed by atoms with Crippen molar-refractivity contribution >= 4 is 17.2 Å². The van der Waals surface area contributed by atoms with Crippen LogP contribution in [0, 0.1) is 0 Å². The first-order valence-electron chi connectivity index (χ1n) is 5.03. The van der Waals surface area contributed by atoms with E-state index >= 15 is 0 Å². The average molecular weight is 254 g/mol. The molecule has 2 heterocycles. The highest BCUT2D eigenvalue weighted by Crippen LogP contribution is 2.20. The first-order valence-corrected chi connectivity index (χ1v) is 5.40. The molecule has 0 aliphatic rings. The topological polar surface area (TPSA) is 57.8 Å². The molecular formula is C11H12ClN3O2. The number of fused-ring (bicyclic) bond motifs is 1. The first-order chi connectivity index (χ1) is 7.97. The molecule has 0 amide bonds. The summed E-state index contributed by atoms with van der Waals surface area (Å²) in [4.78, 5) is 17.9. The standard InChI is InChI=1S/C11H12ClN3O2/c1-14(2)6-8-4-10(17)15-5-7(12)3-9(16)11(15)13-8/h3-5,16H,6H2,1-2H3. The predicted octanol–water partition coefficient (Wildman–Crippen LogP) is 1.12. The van der Waals surface area contributed by atoms with Crippen molar-refractivity contribution in [2.24, 2.45) is 0 Å². The highest BCUT2D eigenvalue weighted by molar-refractivity contribution is 6.30. The van der Waals surface area contributed by atoms with Crippen LogP contribution in [0.3, 0.4) is 0 Å². The lowest BCUT2D eigenvalue weighted by molar-refractivity contribution is 0.396. The lowest BCUT2D eigenvalue weighted by Gasteiger charge is -2.10. The Balaban J connectivity index is 2.69. The van der Waals surface area contributed by atoms with Gasteiger partial charge in [-0.2, -0.15) is 0 Å². The maximum atomic E-state index is 11.8. The van der Waals surface area contributed by atoms with Gasteiger partial charge in [0.05, 0.1) is 10.7 Å². The molecule has 17 heavy (non-hydrogen) atoms. The van der Waals surface area contributed by atoms with Crippen LogP contribution in [0.15, 0.2) is 23.1 Å². The van der Waals surface area contributed by atoms with Crippen molar-refractivity contribution < 1.29 is 5.11 Å². The van der Waals surface area contributed by atoms with Crippen LogP contribution in [0.5, 0.6) is 5.75 Å². The van der Waals surface area contributed by atoms with Crippen molar-refractivity contribution in [1.82, 2.24) is 14.3 Å². The number of nitrogens with zero attached hydrogens (tertiary/aromatic N) is 3. The van der Waals surface area contributed by atoms with Crippen LogP contribution in [0.1, 0.15) is 5.69 Å². The van der Waals surface area contributed by atoms with Crippen LogP contribution >= 0.6 is 11.6 Å². The molecule has 6 heteroatoms. The van der Waals surface area contributed by atoms with Crippen LogP contribution < -0.4 is 5.56 Å². The summed E-state index contributed by atoms with van der Waals surface area (Å²) in [5, 5.41) is 10.0. The Morgan fingerprint density at radius 1 is 1.47 bits per heavy atom. The fourth-order valence-electron chi connectivity index (χ4n) is 1.60. The Bertz CT molecular complexity index is 622. The van der Waals surface area contributed by atoms with Gasteiger partial charge in [-0.1, -0.05) is 11.6 Å². The third-order valence-electron chi connectivity index (χ3n) is 2.24. The zero-order chi connectivity index (χ0) is 12.6. The van der Waals surface area contributed by atoms with Gasteiger partial charge in [0, 0.05) is 24.9 Å². The molecule has 0 aromatic carbocycles. The minimum Gasteiger partial charge on any atom is -0.504 e. The van der Waals surface area contributed by atoms with Crippen LogP contribution in [0.25, 0.3) is 5.65 Å². The molecule has 90 valence electrons. The molecule has 0 saturated carbocycles. The van der Waals surface area contributed by atoms with Gasteiger partial charge in [0.25, 0.3) is 5.56 Å². The quantitative estimate of drug-likeness (QED) is 0.871. The smallest absolute Gasteiger partial charge is 0.258 e. The normalized spacial score (nSPS) is 11.3. The van der Waals surface area contributed by atoms with E-state index in [1.165, 1.54) is 22.7 Å². The first kappa shape index (κ1) is 11.9. The van der Waals surface area contributed by atoms with Crippen LogP contribution in [-0.2, 0) is 6.54 Å². The molecular weight excluding hydrogens is 242 g/mol. The molecule has 0 aliphatic carbocycles. The van der Waals surface area contributed by atoms with E-state index in [2.05, 4.69) is 4.98 Å². The third kappa shape index (κ3) is 2.40. The van der Waals surface area contributed by atoms with Crippen molar-refractivity contribution in [2.75, 3.05) is 14.1 Å². The Morgan fingerprint density at radius 3 is 2.82 bits per heavy atom. The fourth-order valence-corrected chi connectivity index (χ4v) is 1.81. The Morgan fingerprint density at radius 2 is 2.18 bits per heavy atom. The summed E-state index contributed by atoms with van der Waals surface area (Å²) < 4.78 is 1.23. The largest absolute Gasteiger partial charge is 0.504 e. The van der Waals surface area contributed by atoms with Crippen molar-refractivity contribution in [3.05, 3.63) is 39.4 Å². The number of hydrogen-bond acceptors (Lipinski definition) is 4. The van der Waals surface area contributed by atoms with Gasteiger partial charge in [-0.15, -0.1) is 0 Å². The van der Waals surface area contributed by atoms with Crippen molar-refractivity contribution in [2.45, 2.75) is 6.54 Å². The number of pyridine rings is 1. The van der Waals surface area contributed by atoms with E-state index in [1.807, 2.05) is 19.0 Å². The number of halogens is 1. The fraction of sp³-hybridized carbons (Fsp3) is 0.273. The molecule has 0 radical (unpaired) electrons. The van der Waals surface area contributed by atoms with Gasteiger partial charge in [0.2, 0.25) is 0 Å². The van der Waals surface area contributed by atoms with Crippen LogP contribution in [0.2, 0.25) is 5.02 Å². The van der Waals surface area contributed by atoms with E-state index in [0.717, 1.165) is 0 Å².